The lowest BCUT2D eigenvalue weighted by molar-refractivity contribution is -0.384. The fraction of sp³-hybridized carbons (Fsp3) is 0. The SMILES string of the molecule is O=C(c1ccc([N+](=O)[O-])cc1)N(/N=C/c1coc2ccccc2c1=O)c1nc2ccc(Br)cc2s1. The molecule has 172 valence electrons. The van der Waals surface area contributed by atoms with Gasteiger partial charge in [0.15, 0.2) is 0 Å². The van der Waals surface area contributed by atoms with Gasteiger partial charge in [0.2, 0.25) is 10.6 Å². The Morgan fingerprint density at radius 2 is 1.91 bits per heavy atom. The van der Waals surface area contributed by atoms with Gasteiger partial charge in [0.1, 0.15) is 11.8 Å². The maximum atomic E-state index is 13.4. The molecule has 35 heavy (non-hydrogen) atoms. The van der Waals surface area contributed by atoms with Crippen molar-refractivity contribution in [2.45, 2.75) is 0 Å². The van der Waals surface area contributed by atoms with E-state index >= 15 is 0 Å². The molecule has 0 aliphatic carbocycles. The Morgan fingerprint density at radius 3 is 2.69 bits per heavy atom. The van der Waals surface area contributed by atoms with E-state index in [0.717, 1.165) is 14.2 Å². The molecule has 0 bridgehead atoms. The van der Waals surface area contributed by atoms with Crippen molar-refractivity contribution in [3.8, 4) is 0 Å². The molecule has 0 radical (unpaired) electrons. The lowest BCUT2D eigenvalue weighted by atomic mass is 10.2. The third kappa shape index (κ3) is 4.46. The van der Waals surface area contributed by atoms with Crippen LogP contribution in [0.1, 0.15) is 15.9 Å². The predicted octanol–water partition coefficient (Wildman–Crippen LogP) is 5.75. The number of hydrazone groups is 1. The molecule has 3 aromatic carbocycles. The number of carbonyl (C=O) groups is 1. The molecule has 0 atom stereocenters. The second-order valence-electron chi connectivity index (χ2n) is 7.29. The average molecular weight is 549 g/mol. The first-order valence-electron chi connectivity index (χ1n) is 10.1. The van der Waals surface area contributed by atoms with Crippen LogP contribution < -0.4 is 10.4 Å². The van der Waals surface area contributed by atoms with Crippen molar-refractivity contribution in [2.24, 2.45) is 5.10 Å². The van der Waals surface area contributed by atoms with E-state index in [1.54, 1.807) is 30.3 Å². The van der Waals surface area contributed by atoms with E-state index in [0.29, 0.717) is 16.5 Å². The second kappa shape index (κ2) is 9.20. The number of benzene rings is 3. The molecule has 2 aromatic heterocycles. The number of hydrogen-bond acceptors (Lipinski definition) is 8. The highest BCUT2D eigenvalue weighted by Gasteiger charge is 2.22. The van der Waals surface area contributed by atoms with Crippen LogP contribution in [0.5, 0.6) is 0 Å². The van der Waals surface area contributed by atoms with Crippen LogP contribution in [-0.2, 0) is 0 Å². The van der Waals surface area contributed by atoms with Crippen LogP contribution >= 0.6 is 27.3 Å². The summed E-state index contributed by atoms with van der Waals surface area (Å²) in [6, 6.07) is 17.5. The summed E-state index contributed by atoms with van der Waals surface area (Å²) in [6.45, 7) is 0. The Balaban J connectivity index is 1.58. The lowest BCUT2D eigenvalue weighted by Gasteiger charge is -2.13. The molecular weight excluding hydrogens is 536 g/mol. The monoisotopic (exact) mass is 548 g/mol. The zero-order valence-electron chi connectivity index (χ0n) is 17.6. The molecule has 0 unspecified atom stereocenters. The molecule has 5 aromatic rings. The first-order chi connectivity index (χ1) is 16.9. The summed E-state index contributed by atoms with van der Waals surface area (Å²) >= 11 is 4.65. The van der Waals surface area contributed by atoms with E-state index in [4.69, 9.17) is 4.42 Å². The minimum atomic E-state index is -0.570. The standard InChI is InChI=1S/C24H13BrN4O5S/c25-16-7-10-19-21(11-16)35-24(27-19)28(23(31)14-5-8-17(9-6-14)29(32)33)26-12-15-13-34-20-4-2-1-3-18(20)22(15)30/h1-13H/b26-12+. The molecule has 0 aliphatic heterocycles. The molecule has 11 heteroatoms. The van der Waals surface area contributed by atoms with Crippen molar-refractivity contribution >= 4 is 71.4 Å². The summed E-state index contributed by atoms with van der Waals surface area (Å²) in [5.41, 5.74) is 0.967. The predicted molar refractivity (Wildman–Crippen MR) is 137 cm³/mol. The van der Waals surface area contributed by atoms with E-state index in [-0.39, 0.29) is 27.4 Å². The maximum absolute atomic E-state index is 13.4. The molecule has 0 fully saturated rings. The van der Waals surface area contributed by atoms with Crippen LogP contribution in [0, 0.1) is 10.1 Å². The smallest absolute Gasteiger partial charge is 0.280 e. The molecule has 9 nitrogen and oxygen atoms in total. The molecule has 0 saturated heterocycles. The van der Waals surface area contributed by atoms with E-state index in [1.807, 2.05) is 12.1 Å². The van der Waals surface area contributed by atoms with Gasteiger partial charge < -0.3 is 4.42 Å². The number of aromatic nitrogens is 1. The molecule has 5 rings (SSSR count). The van der Waals surface area contributed by atoms with Crippen molar-refractivity contribution in [1.82, 2.24) is 4.98 Å². The Hall–Kier alpha value is -4.22. The van der Waals surface area contributed by atoms with Crippen LogP contribution in [0.3, 0.4) is 0 Å². The average Bonchev–Trinajstić information content (AvgIpc) is 3.28. The van der Waals surface area contributed by atoms with Gasteiger partial charge in [-0.15, -0.1) is 0 Å². The van der Waals surface area contributed by atoms with Crippen molar-refractivity contribution in [1.29, 1.82) is 0 Å². The Labute approximate surface area is 209 Å². The number of rotatable bonds is 5. The minimum absolute atomic E-state index is 0.143. The number of amides is 1. The maximum Gasteiger partial charge on any atom is 0.280 e. The summed E-state index contributed by atoms with van der Waals surface area (Å²) in [4.78, 5) is 41.2. The minimum Gasteiger partial charge on any atom is -0.463 e. The molecule has 0 saturated carbocycles. The fourth-order valence-electron chi connectivity index (χ4n) is 3.32. The largest absolute Gasteiger partial charge is 0.463 e. The van der Waals surface area contributed by atoms with Crippen molar-refractivity contribution in [3.05, 3.63) is 109 Å². The number of halogens is 1. The number of thiazole rings is 1. The van der Waals surface area contributed by atoms with E-state index in [2.05, 4.69) is 26.0 Å². The normalized spacial score (nSPS) is 11.3. The summed E-state index contributed by atoms with van der Waals surface area (Å²) in [5, 5.41) is 17.0. The van der Waals surface area contributed by atoms with Gasteiger partial charge in [0.25, 0.3) is 11.6 Å². The lowest BCUT2D eigenvalue weighted by Crippen LogP contribution is -2.26. The summed E-state index contributed by atoms with van der Waals surface area (Å²) in [5.74, 6) is -0.570. The van der Waals surface area contributed by atoms with E-state index in [1.165, 1.54) is 48.1 Å². The van der Waals surface area contributed by atoms with Gasteiger partial charge in [-0.25, -0.2) is 4.98 Å². The van der Waals surface area contributed by atoms with Crippen LogP contribution in [0.2, 0.25) is 0 Å². The number of nitro benzene ring substituents is 1. The Kier molecular flexibility index (Phi) is 5.93. The Bertz CT molecular complexity index is 1690. The number of nitro groups is 1. The van der Waals surface area contributed by atoms with Gasteiger partial charge in [0.05, 0.1) is 32.3 Å². The topological polar surface area (TPSA) is 119 Å². The van der Waals surface area contributed by atoms with Crippen LogP contribution in [0.25, 0.3) is 21.2 Å². The van der Waals surface area contributed by atoms with Gasteiger partial charge in [0, 0.05) is 22.2 Å². The summed E-state index contributed by atoms with van der Waals surface area (Å²) in [7, 11) is 0. The fourth-order valence-corrected chi connectivity index (χ4v) is 4.79. The van der Waals surface area contributed by atoms with Crippen molar-refractivity contribution in [2.75, 3.05) is 5.01 Å². The number of hydrogen-bond donors (Lipinski definition) is 0. The van der Waals surface area contributed by atoms with Crippen molar-refractivity contribution in [3.63, 3.8) is 0 Å². The molecule has 0 aliphatic rings. The highest BCUT2D eigenvalue weighted by Crippen LogP contribution is 2.32. The van der Waals surface area contributed by atoms with E-state index in [9.17, 15) is 19.7 Å². The summed E-state index contributed by atoms with van der Waals surface area (Å²) in [6.07, 6.45) is 2.52. The molecule has 1 amide bonds. The van der Waals surface area contributed by atoms with E-state index < -0.39 is 10.8 Å². The van der Waals surface area contributed by atoms with Gasteiger partial charge in [-0.05, 0) is 42.5 Å². The first kappa shape index (κ1) is 22.6. The zero-order valence-corrected chi connectivity index (χ0v) is 20.0. The molecule has 0 spiro atoms. The quantitative estimate of drug-likeness (QED) is 0.156. The molecular formula is C24H13BrN4O5S. The number of fused-ring (bicyclic) bond motifs is 2. The molecule has 0 N–H and O–H groups in total. The van der Waals surface area contributed by atoms with Gasteiger partial charge in [-0.1, -0.05) is 39.4 Å². The molecule has 2 heterocycles. The number of non-ortho nitro benzene ring substituents is 1. The third-order valence-corrected chi connectivity index (χ3v) is 6.54. The third-order valence-electron chi connectivity index (χ3n) is 5.06. The number of nitrogens with zero attached hydrogens (tertiary/aromatic N) is 4. The highest BCUT2D eigenvalue weighted by atomic mass is 79.9. The summed E-state index contributed by atoms with van der Waals surface area (Å²) < 4.78 is 7.20. The zero-order chi connectivity index (χ0) is 24.5. The van der Waals surface area contributed by atoms with Crippen LogP contribution in [-0.4, -0.2) is 22.0 Å². The van der Waals surface area contributed by atoms with Crippen LogP contribution in [0.15, 0.2) is 91.8 Å². The first-order valence-corrected chi connectivity index (χ1v) is 11.7. The van der Waals surface area contributed by atoms with Gasteiger partial charge >= 0.3 is 0 Å². The highest BCUT2D eigenvalue weighted by molar-refractivity contribution is 9.10. The second-order valence-corrected chi connectivity index (χ2v) is 9.22. The van der Waals surface area contributed by atoms with Crippen molar-refractivity contribution < 1.29 is 14.1 Å². The van der Waals surface area contributed by atoms with Crippen LogP contribution in [0.4, 0.5) is 10.8 Å². The van der Waals surface area contributed by atoms with Gasteiger partial charge in [-0.2, -0.15) is 10.1 Å². The number of carbonyl (C=O) groups excluding carboxylic acids is 1. The number of anilines is 1. The Morgan fingerprint density at radius 1 is 1.14 bits per heavy atom. The van der Waals surface area contributed by atoms with Gasteiger partial charge in [-0.3, -0.25) is 19.7 Å². The number of para-hydroxylation sites is 1.